The van der Waals surface area contributed by atoms with E-state index in [-0.39, 0.29) is 0 Å². The van der Waals surface area contributed by atoms with Gasteiger partial charge in [0, 0.05) is 0 Å². The van der Waals surface area contributed by atoms with Gasteiger partial charge in [-0.2, -0.15) is 0 Å². The average molecular weight is 432 g/mol. The van der Waals surface area contributed by atoms with Crippen LogP contribution in [0.2, 0.25) is 0 Å². The quantitative estimate of drug-likeness (QED) is 0.561. The van der Waals surface area contributed by atoms with Gasteiger partial charge in [-0.3, -0.25) is 0 Å². The van der Waals surface area contributed by atoms with Crippen LogP contribution in [0.25, 0.3) is 8.17 Å². The van der Waals surface area contributed by atoms with E-state index in [0.29, 0.717) is 0 Å². The van der Waals surface area contributed by atoms with E-state index in [1.165, 1.54) is 20.9 Å². The van der Waals surface area contributed by atoms with Gasteiger partial charge in [-0.15, -0.1) is 0 Å². The molecular weight excluding hydrogens is 422 g/mol. The molecule has 0 amide bonds. The highest BCUT2D eigenvalue weighted by Gasteiger charge is 1.83. The molecule has 0 aliphatic carbocycles. The minimum Gasteiger partial charge on any atom is -0.0539 e. The monoisotopic (exact) mass is 432 g/mol. The van der Waals surface area contributed by atoms with E-state index in [9.17, 15) is 0 Å². The van der Waals surface area contributed by atoms with Crippen LogP contribution in [0.1, 0.15) is 0 Å². The Kier molecular flexibility index (Phi) is 4.40. The Labute approximate surface area is 122 Å². The molecule has 2 aromatic carbocycles. The molecule has 0 saturated heterocycles. The van der Waals surface area contributed by atoms with Crippen LogP contribution >= 0.6 is 45.2 Å². The van der Waals surface area contributed by atoms with Crippen molar-refractivity contribution in [2.45, 2.75) is 0 Å². The molecule has 0 nitrogen and oxygen atoms in total. The summed E-state index contributed by atoms with van der Waals surface area (Å²) in [7, 11) is 0. The van der Waals surface area contributed by atoms with Crippen LogP contribution in [-0.4, -0.2) is 0 Å². The van der Waals surface area contributed by atoms with Crippen LogP contribution in [0, 0.1) is 10.4 Å². The molecule has 0 unspecified atom stereocenters. The molecule has 0 heterocycles. The third kappa shape index (κ3) is 2.85. The summed E-state index contributed by atoms with van der Waals surface area (Å²) in [6.45, 7) is 0. The van der Waals surface area contributed by atoms with Gasteiger partial charge in [-0.25, -0.2) is 0 Å². The number of hydrogen-bond donors (Lipinski definition) is 0. The van der Waals surface area contributed by atoms with Crippen molar-refractivity contribution >= 4 is 53.3 Å². The van der Waals surface area contributed by atoms with Crippen molar-refractivity contribution in [2.24, 2.45) is 0 Å². The second kappa shape index (κ2) is 5.82. The molecule has 0 radical (unpaired) electrons. The van der Waals surface area contributed by atoms with Crippen molar-refractivity contribution in [2.75, 3.05) is 0 Å². The predicted octanol–water partition coefficient (Wildman–Crippen LogP) is 3.32. The first-order chi connectivity index (χ1) is 7.83. The van der Waals surface area contributed by atoms with E-state index in [4.69, 9.17) is 0 Å². The first-order valence-corrected chi connectivity index (χ1v) is 7.40. The van der Waals surface area contributed by atoms with Gasteiger partial charge in [0.25, 0.3) is 0 Å². The lowest BCUT2D eigenvalue weighted by atomic mass is 10.2. The van der Waals surface area contributed by atoms with E-state index in [0.717, 1.165) is 0 Å². The Hall–Kier alpha value is -0.360. The molecule has 0 aliphatic rings. The van der Waals surface area contributed by atoms with Crippen molar-refractivity contribution in [3.63, 3.8) is 0 Å². The van der Waals surface area contributed by atoms with Crippen molar-refractivity contribution in [1.82, 2.24) is 0 Å². The highest BCUT2D eigenvalue weighted by molar-refractivity contribution is 14.1. The molecule has 2 heteroatoms. The van der Waals surface area contributed by atoms with Crippen molar-refractivity contribution < 1.29 is 0 Å². The van der Waals surface area contributed by atoms with Crippen molar-refractivity contribution in [3.05, 3.63) is 69.4 Å². The normalized spacial score (nSPS) is 9.88. The third-order valence-corrected chi connectivity index (χ3v) is 3.85. The van der Waals surface area contributed by atoms with Crippen LogP contribution in [0.4, 0.5) is 0 Å². The SMILES string of the molecule is IC=c1ccc(=c2ccc(=CI)cc2)cc1. The first kappa shape index (κ1) is 12.1. The molecule has 16 heavy (non-hydrogen) atoms. The summed E-state index contributed by atoms with van der Waals surface area (Å²) in [5.74, 6) is 0. The standard InChI is InChI=1S/C14H10I2/c15-9-11-1-5-13(6-2-11)14-7-3-12(10-16)4-8-14/h1-10H. The summed E-state index contributed by atoms with van der Waals surface area (Å²) >= 11 is 4.52. The van der Waals surface area contributed by atoms with Gasteiger partial charge in [-0.05, 0) is 29.0 Å². The summed E-state index contributed by atoms with van der Waals surface area (Å²) in [6, 6.07) is 17.2. The first-order valence-electron chi connectivity index (χ1n) is 4.91. The van der Waals surface area contributed by atoms with Crippen molar-refractivity contribution in [3.8, 4) is 0 Å². The summed E-state index contributed by atoms with van der Waals surface area (Å²) in [5, 5.41) is 5.03. The molecule has 0 saturated carbocycles. The molecule has 2 rings (SSSR count). The Bertz CT molecular complexity index is 579. The topological polar surface area (TPSA) is 0 Å². The number of rotatable bonds is 0. The smallest absolute Gasteiger partial charge is 0.0161 e. The van der Waals surface area contributed by atoms with Crippen LogP contribution in [-0.2, 0) is 0 Å². The van der Waals surface area contributed by atoms with E-state index < -0.39 is 0 Å². The number of hydrogen-bond acceptors (Lipinski definition) is 0. The van der Waals surface area contributed by atoms with Crippen LogP contribution in [0.15, 0.2) is 48.5 Å². The van der Waals surface area contributed by atoms with Crippen LogP contribution in [0.3, 0.4) is 0 Å². The van der Waals surface area contributed by atoms with E-state index in [1.54, 1.807) is 0 Å². The molecule has 80 valence electrons. The Morgan fingerprint density at radius 1 is 0.562 bits per heavy atom. The van der Waals surface area contributed by atoms with Gasteiger partial charge in [0.05, 0.1) is 0 Å². The van der Waals surface area contributed by atoms with E-state index >= 15 is 0 Å². The zero-order chi connectivity index (χ0) is 11.4. The van der Waals surface area contributed by atoms with E-state index in [2.05, 4.69) is 102 Å². The van der Waals surface area contributed by atoms with Gasteiger partial charge in [0.2, 0.25) is 0 Å². The maximum absolute atomic E-state index is 2.26. The largest absolute Gasteiger partial charge is 0.0539 e. The molecule has 0 atom stereocenters. The van der Waals surface area contributed by atoms with Gasteiger partial charge < -0.3 is 0 Å². The predicted molar refractivity (Wildman–Crippen MR) is 86.8 cm³/mol. The molecule has 0 fully saturated rings. The van der Waals surface area contributed by atoms with E-state index in [1.807, 2.05) is 0 Å². The van der Waals surface area contributed by atoms with Gasteiger partial charge in [0.1, 0.15) is 0 Å². The minimum atomic E-state index is 1.25. The van der Waals surface area contributed by atoms with Gasteiger partial charge in [-0.1, -0.05) is 93.7 Å². The average Bonchev–Trinajstić information content (AvgIpc) is 2.39. The van der Waals surface area contributed by atoms with Gasteiger partial charge >= 0.3 is 0 Å². The summed E-state index contributed by atoms with van der Waals surface area (Å²) in [5.41, 5.74) is 0. The fourth-order valence-electron chi connectivity index (χ4n) is 1.50. The second-order valence-corrected chi connectivity index (χ2v) is 4.71. The Morgan fingerprint density at radius 3 is 1.12 bits per heavy atom. The maximum Gasteiger partial charge on any atom is -0.0161 e. The third-order valence-electron chi connectivity index (χ3n) is 2.41. The van der Waals surface area contributed by atoms with Crippen LogP contribution < -0.4 is 10.4 Å². The second-order valence-electron chi connectivity index (χ2n) is 3.46. The lowest BCUT2D eigenvalue weighted by Gasteiger charge is -1.89. The number of benzene rings is 2. The zero-order valence-electron chi connectivity index (χ0n) is 8.53. The molecule has 0 spiro atoms. The van der Waals surface area contributed by atoms with Gasteiger partial charge in [0.15, 0.2) is 0 Å². The summed E-state index contributed by atoms with van der Waals surface area (Å²) in [6.07, 6.45) is 0. The number of halogens is 2. The lowest BCUT2D eigenvalue weighted by molar-refractivity contribution is 1.46. The minimum absolute atomic E-state index is 1.25. The summed E-state index contributed by atoms with van der Waals surface area (Å²) in [4.78, 5) is 0. The molecule has 2 aromatic rings. The highest BCUT2D eigenvalue weighted by Crippen LogP contribution is 1.94. The maximum atomic E-state index is 2.26. The molecule has 0 aliphatic heterocycles. The van der Waals surface area contributed by atoms with Crippen molar-refractivity contribution in [1.29, 1.82) is 0 Å². The molecule has 0 N–H and O–H groups in total. The lowest BCUT2D eigenvalue weighted by Crippen LogP contribution is -1.96. The zero-order valence-corrected chi connectivity index (χ0v) is 12.8. The highest BCUT2D eigenvalue weighted by atomic mass is 127. The fraction of sp³-hybridized carbons (Fsp3) is 0. The molecule has 0 bridgehead atoms. The van der Waals surface area contributed by atoms with Crippen LogP contribution in [0.5, 0.6) is 0 Å². The fourth-order valence-corrected chi connectivity index (χ4v) is 2.33. The summed E-state index contributed by atoms with van der Waals surface area (Å²) < 4.78 is 4.16. The Morgan fingerprint density at radius 2 is 0.875 bits per heavy atom. The molecule has 0 aromatic heterocycles. The Balaban J connectivity index is 2.70. The molecular formula is C14H10I2.